The molecule has 2 rings (SSSR count). The average Bonchev–Trinajstić information content (AvgIpc) is 2.76. The molecule has 0 aliphatic rings. The highest BCUT2D eigenvalue weighted by molar-refractivity contribution is 14.1. The predicted molar refractivity (Wildman–Crippen MR) is 92.2 cm³/mol. The van der Waals surface area contributed by atoms with Crippen LogP contribution >= 0.6 is 38.5 Å². The Morgan fingerprint density at radius 1 is 1.30 bits per heavy atom. The number of nitrogens with zero attached hydrogens (tertiary/aromatic N) is 2. The van der Waals surface area contributed by atoms with Crippen LogP contribution in [0.5, 0.6) is 0 Å². The molecule has 0 unspecified atom stereocenters. The van der Waals surface area contributed by atoms with Gasteiger partial charge in [-0.2, -0.15) is 5.10 Å². The smallest absolute Gasteiger partial charge is 0.168 e. The molecule has 0 N–H and O–H groups in total. The normalized spacial score (nSPS) is 10.8. The van der Waals surface area contributed by atoms with Crippen molar-refractivity contribution in [3.8, 4) is 0 Å². The first-order chi connectivity index (χ1) is 9.56. The van der Waals surface area contributed by atoms with Gasteiger partial charge < -0.3 is 0 Å². The van der Waals surface area contributed by atoms with Crippen molar-refractivity contribution in [2.45, 2.75) is 33.2 Å². The second kappa shape index (κ2) is 6.85. The number of Topliss-reactive ketones (excluding diaryl/α,β-unsaturated/α-hetero) is 1. The fourth-order valence-electron chi connectivity index (χ4n) is 2.08. The molecule has 5 heteroatoms. The van der Waals surface area contributed by atoms with Crippen molar-refractivity contribution in [1.29, 1.82) is 0 Å². The fraction of sp³-hybridized carbons (Fsp3) is 0.333. The summed E-state index contributed by atoms with van der Waals surface area (Å²) >= 11 is 5.81. The van der Waals surface area contributed by atoms with E-state index in [9.17, 15) is 4.79 Å². The summed E-state index contributed by atoms with van der Waals surface area (Å²) in [6, 6.07) is 7.67. The lowest BCUT2D eigenvalue weighted by Gasteiger charge is -2.05. The number of carbonyl (C=O) groups excluding carboxylic acids is 1. The summed E-state index contributed by atoms with van der Waals surface area (Å²) in [6.45, 7) is 4.88. The van der Waals surface area contributed by atoms with Crippen molar-refractivity contribution in [2.75, 3.05) is 0 Å². The first-order valence-electron chi connectivity index (χ1n) is 6.59. The second-order valence-corrected chi connectivity index (χ2v) is 6.52. The molecule has 0 spiro atoms. The first-order valence-corrected chi connectivity index (χ1v) is 8.46. The van der Waals surface area contributed by atoms with Gasteiger partial charge in [0.2, 0.25) is 0 Å². The average molecular weight is 447 g/mol. The largest absolute Gasteiger partial charge is 0.294 e. The Labute approximate surface area is 141 Å². The maximum Gasteiger partial charge on any atom is 0.168 e. The number of aromatic nitrogens is 2. The van der Waals surface area contributed by atoms with E-state index in [0.717, 1.165) is 38.0 Å². The Balaban J connectivity index is 2.27. The van der Waals surface area contributed by atoms with Crippen LogP contribution in [0.15, 0.2) is 28.7 Å². The van der Waals surface area contributed by atoms with Crippen molar-refractivity contribution in [3.63, 3.8) is 0 Å². The van der Waals surface area contributed by atoms with Crippen molar-refractivity contribution in [1.82, 2.24) is 9.78 Å². The molecule has 1 heterocycles. The summed E-state index contributed by atoms with van der Waals surface area (Å²) in [5.74, 6) is 0.124. The Morgan fingerprint density at radius 3 is 2.50 bits per heavy atom. The molecular weight excluding hydrogens is 431 g/mol. The Hall–Kier alpha value is -0.690. The van der Waals surface area contributed by atoms with E-state index in [1.165, 1.54) is 0 Å². The number of aryl methyl sites for hydroxylation is 2. The Bertz CT molecular complexity index is 620. The van der Waals surface area contributed by atoms with Gasteiger partial charge in [0, 0.05) is 15.7 Å². The van der Waals surface area contributed by atoms with Crippen molar-refractivity contribution >= 4 is 44.3 Å². The van der Waals surface area contributed by atoms with E-state index in [1.807, 2.05) is 35.9 Å². The summed E-state index contributed by atoms with van der Waals surface area (Å²) in [5.41, 5.74) is 2.73. The van der Waals surface area contributed by atoms with Gasteiger partial charge in [-0.15, -0.1) is 0 Å². The van der Waals surface area contributed by atoms with Gasteiger partial charge in [0.05, 0.1) is 22.3 Å². The zero-order valence-corrected chi connectivity index (χ0v) is 15.2. The predicted octanol–water partition coefficient (Wildman–Crippen LogP) is 4.26. The molecule has 1 aromatic carbocycles. The van der Waals surface area contributed by atoms with Crippen LogP contribution in [-0.2, 0) is 19.4 Å². The zero-order valence-electron chi connectivity index (χ0n) is 11.5. The third-order valence-corrected chi connectivity index (χ3v) is 4.82. The summed E-state index contributed by atoms with van der Waals surface area (Å²) in [7, 11) is 0. The van der Waals surface area contributed by atoms with Crippen molar-refractivity contribution in [3.05, 3.63) is 49.3 Å². The molecule has 0 bridgehead atoms. The maximum absolute atomic E-state index is 12.4. The lowest BCUT2D eigenvalue weighted by atomic mass is 10.1. The second-order valence-electron chi connectivity index (χ2n) is 4.48. The molecule has 0 saturated heterocycles. The van der Waals surface area contributed by atoms with Crippen LogP contribution in [0.1, 0.15) is 35.6 Å². The minimum absolute atomic E-state index is 0.124. The third kappa shape index (κ3) is 3.31. The molecule has 0 fully saturated rings. The van der Waals surface area contributed by atoms with Crippen LogP contribution in [0, 0.1) is 3.57 Å². The highest BCUT2D eigenvalue weighted by atomic mass is 127. The van der Waals surface area contributed by atoms with Crippen LogP contribution in [-0.4, -0.2) is 15.6 Å². The molecule has 1 aromatic heterocycles. The topological polar surface area (TPSA) is 34.9 Å². The standard InChI is InChI=1S/C15H16BrIN2O/c1-3-12-15(16)13(19(4-2)18-12)9-14(20)10-5-7-11(17)8-6-10/h5-8H,3-4,9H2,1-2H3. The summed E-state index contributed by atoms with van der Waals surface area (Å²) in [5, 5.41) is 4.52. The minimum atomic E-state index is 0.124. The number of benzene rings is 1. The highest BCUT2D eigenvalue weighted by Crippen LogP contribution is 2.24. The van der Waals surface area contributed by atoms with Crippen LogP contribution in [0.25, 0.3) is 0 Å². The highest BCUT2D eigenvalue weighted by Gasteiger charge is 2.17. The van der Waals surface area contributed by atoms with E-state index < -0.39 is 0 Å². The Morgan fingerprint density at radius 2 is 1.95 bits per heavy atom. The summed E-state index contributed by atoms with van der Waals surface area (Å²) < 4.78 is 4.01. The zero-order chi connectivity index (χ0) is 14.7. The minimum Gasteiger partial charge on any atom is -0.294 e. The number of ketones is 1. The van der Waals surface area contributed by atoms with Gasteiger partial charge in [0.25, 0.3) is 0 Å². The van der Waals surface area contributed by atoms with Crippen LogP contribution in [0.3, 0.4) is 0 Å². The number of halogens is 2. The number of hydrogen-bond acceptors (Lipinski definition) is 2. The molecule has 106 valence electrons. The molecule has 3 nitrogen and oxygen atoms in total. The summed E-state index contributed by atoms with van der Waals surface area (Å²) in [6.07, 6.45) is 1.24. The van der Waals surface area contributed by atoms with Gasteiger partial charge in [0.15, 0.2) is 5.78 Å². The molecule has 0 saturated carbocycles. The van der Waals surface area contributed by atoms with E-state index >= 15 is 0 Å². The maximum atomic E-state index is 12.4. The van der Waals surface area contributed by atoms with E-state index in [2.05, 4.69) is 50.5 Å². The van der Waals surface area contributed by atoms with E-state index in [1.54, 1.807) is 0 Å². The van der Waals surface area contributed by atoms with Gasteiger partial charge >= 0.3 is 0 Å². The van der Waals surface area contributed by atoms with E-state index in [-0.39, 0.29) is 5.78 Å². The summed E-state index contributed by atoms with van der Waals surface area (Å²) in [4.78, 5) is 12.4. The quantitative estimate of drug-likeness (QED) is 0.508. The van der Waals surface area contributed by atoms with Crippen LogP contribution in [0.2, 0.25) is 0 Å². The van der Waals surface area contributed by atoms with Gasteiger partial charge in [0.1, 0.15) is 0 Å². The molecule has 0 aliphatic carbocycles. The van der Waals surface area contributed by atoms with Gasteiger partial charge in [-0.3, -0.25) is 9.48 Å². The molecule has 0 atom stereocenters. The number of hydrogen-bond donors (Lipinski definition) is 0. The van der Waals surface area contributed by atoms with Gasteiger partial charge in [-0.05, 0) is 64.0 Å². The van der Waals surface area contributed by atoms with Crippen LogP contribution in [0.4, 0.5) is 0 Å². The SMILES string of the molecule is CCc1nn(CC)c(CC(=O)c2ccc(I)cc2)c1Br. The van der Waals surface area contributed by atoms with E-state index in [4.69, 9.17) is 0 Å². The van der Waals surface area contributed by atoms with Gasteiger partial charge in [-0.25, -0.2) is 0 Å². The van der Waals surface area contributed by atoms with Crippen LogP contribution < -0.4 is 0 Å². The first kappa shape index (κ1) is 15.7. The molecule has 0 amide bonds. The molecule has 2 aromatic rings. The molecule has 0 aliphatic heterocycles. The molecular formula is C15H16BrIN2O. The van der Waals surface area contributed by atoms with E-state index in [0.29, 0.717) is 6.42 Å². The number of rotatable bonds is 5. The number of carbonyl (C=O) groups is 1. The van der Waals surface area contributed by atoms with Crippen molar-refractivity contribution < 1.29 is 4.79 Å². The van der Waals surface area contributed by atoms with Gasteiger partial charge in [-0.1, -0.05) is 19.1 Å². The Kier molecular flexibility index (Phi) is 5.37. The van der Waals surface area contributed by atoms with Crippen molar-refractivity contribution in [2.24, 2.45) is 0 Å². The lowest BCUT2D eigenvalue weighted by Crippen LogP contribution is -2.10. The lowest BCUT2D eigenvalue weighted by molar-refractivity contribution is 0.0990. The third-order valence-electron chi connectivity index (χ3n) is 3.19. The fourth-order valence-corrected chi connectivity index (χ4v) is 3.14. The monoisotopic (exact) mass is 446 g/mol. The molecule has 20 heavy (non-hydrogen) atoms. The molecule has 0 radical (unpaired) electrons.